The smallest absolute Gasteiger partial charge is 0.165 e. The van der Waals surface area contributed by atoms with Gasteiger partial charge >= 0.3 is 0 Å². The van der Waals surface area contributed by atoms with Gasteiger partial charge in [-0.1, -0.05) is 12.1 Å². The first-order chi connectivity index (χ1) is 15.7. The minimum atomic E-state index is 0.155. The number of para-hydroxylation sites is 1. The van der Waals surface area contributed by atoms with Crippen LogP contribution >= 0.6 is 0 Å². The Morgan fingerprint density at radius 2 is 2.16 bits per heavy atom. The summed E-state index contributed by atoms with van der Waals surface area (Å²) in [6.45, 7) is 6.28. The second-order valence-electron chi connectivity index (χ2n) is 8.98. The minimum absolute atomic E-state index is 0.155. The maximum Gasteiger partial charge on any atom is 0.165 e. The Kier molecular flexibility index (Phi) is 5.83. The summed E-state index contributed by atoms with van der Waals surface area (Å²) < 4.78 is 13.9. The number of aryl methyl sites for hydroxylation is 2. The number of fused-ring (bicyclic) bond motifs is 2. The third-order valence-electron chi connectivity index (χ3n) is 6.85. The maximum absolute atomic E-state index is 6.24. The average molecular weight is 434 g/mol. The Hall–Kier alpha value is -2.93. The highest BCUT2D eigenvalue weighted by Crippen LogP contribution is 2.44. The van der Waals surface area contributed by atoms with E-state index in [9.17, 15) is 0 Å². The SMILES string of the molecule is COc1cccc(CN2CCCC3(CCc4cnc(C)nc43)C2)c1OCCn1ccnc1. The van der Waals surface area contributed by atoms with Crippen molar-refractivity contribution in [2.75, 3.05) is 26.8 Å². The summed E-state index contributed by atoms with van der Waals surface area (Å²) in [6.07, 6.45) is 12.2. The van der Waals surface area contributed by atoms with Gasteiger partial charge in [0.05, 0.1) is 25.7 Å². The second-order valence-corrected chi connectivity index (χ2v) is 8.98. The van der Waals surface area contributed by atoms with Gasteiger partial charge in [-0.05, 0) is 50.8 Å². The van der Waals surface area contributed by atoms with Crippen LogP contribution in [-0.4, -0.2) is 51.2 Å². The molecular formula is C25H31N5O2. The highest BCUT2D eigenvalue weighted by atomic mass is 16.5. The van der Waals surface area contributed by atoms with E-state index in [0.717, 1.165) is 49.9 Å². The van der Waals surface area contributed by atoms with Crippen LogP contribution in [0.2, 0.25) is 0 Å². The van der Waals surface area contributed by atoms with Gasteiger partial charge < -0.3 is 14.0 Å². The highest BCUT2D eigenvalue weighted by Gasteiger charge is 2.43. The van der Waals surface area contributed by atoms with Gasteiger partial charge in [-0.3, -0.25) is 4.90 Å². The number of methoxy groups -OCH3 is 1. The zero-order chi connectivity index (χ0) is 22.0. The minimum Gasteiger partial charge on any atom is -0.493 e. The topological polar surface area (TPSA) is 65.3 Å². The molecule has 0 bridgehead atoms. The van der Waals surface area contributed by atoms with E-state index in [1.54, 1.807) is 13.3 Å². The molecule has 3 heterocycles. The number of piperidine rings is 1. The zero-order valence-electron chi connectivity index (χ0n) is 19.0. The average Bonchev–Trinajstić information content (AvgIpc) is 3.44. The Morgan fingerprint density at radius 3 is 3.00 bits per heavy atom. The normalized spacial score (nSPS) is 20.4. The molecule has 1 atom stereocenters. The fraction of sp³-hybridized carbons (Fsp3) is 0.480. The molecule has 7 nitrogen and oxygen atoms in total. The van der Waals surface area contributed by atoms with Crippen molar-refractivity contribution in [3.63, 3.8) is 0 Å². The Bertz CT molecular complexity index is 1060. The highest BCUT2D eigenvalue weighted by molar-refractivity contribution is 5.46. The molecule has 0 radical (unpaired) electrons. The number of rotatable bonds is 7. The van der Waals surface area contributed by atoms with Crippen LogP contribution in [0.4, 0.5) is 0 Å². The Labute approximate surface area is 189 Å². The van der Waals surface area contributed by atoms with Crippen LogP contribution in [-0.2, 0) is 24.9 Å². The van der Waals surface area contributed by atoms with Crippen molar-refractivity contribution in [2.45, 2.75) is 51.1 Å². The molecule has 1 aliphatic carbocycles. The number of benzene rings is 1. The van der Waals surface area contributed by atoms with Crippen molar-refractivity contribution >= 4 is 0 Å². The molecule has 5 rings (SSSR count). The van der Waals surface area contributed by atoms with Crippen LogP contribution in [0.5, 0.6) is 11.5 Å². The number of likely N-dealkylation sites (tertiary alicyclic amines) is 1. The van der Waals surface area contributed by atoms with Crippen LogP contribution in [0.1, 0.15) is 41.9 Å². The number of imidazole rings is 1. The number of ether oxygens (including phenoxy) is 2. The van der Waals surface area contributed by atoms with E-state index in [2.05, 4.69) is 27.0 Å². The van der Waals surface area contributed by atoms with Gasteiger partial charge in [-0.2, -0.15) is 0 Å². The zero-order valence-corrected chi connectivity index (χ0v) is 19.0. The maximum atomic E-state index is 6.24. The van der Waals surface area contributed by atoms with E-state index in [0.29, 0.717) is 6.61 Å². The molecule has 168 valence electrons. The molecule has 0 N–H and O–H groups in total. The van der Waals surface area contributed by atoms with Crippen molar-refractivity contribution in [3.05, 3.63) is 65.8 Å². The lowest BCUT2D eigenvalue weighted by Crippen LogP contribution is -2.45. The number of hydrogen-bond donors (Lipinski definition) is 0. The van der Waals surface area contributed by atoms with E-state index in [1.807, 2.05) is 36.3 Å². The van der Waals surface area contributed by atoms with E-state index in [4.69, 9.17) is 14.5 Å². The molecule has 2 aromatic heterocycles. The molecule has 1 aromatic carbocycles. The molecule has 1 spiro atoms. The van der Waals surface area contributed by atoms with Crippen LogP contribution < -0.4 is 9.47 Å². The van der Waals surface area contributed by atoms with Crippen molar-refractivity contribution < 1.29 is 9.47 Å². The van der Waals surface area contributed by atoms with Gasteiger partial charge in [-0.15, -0.1) is 0 Å². The summed E-state index contributed by atoms with van der Waals surface area (Å²) in [4.78, 5) is 16.0. The molecule has 1 aliphatic heterocycles. The van der Waals surface area contributed by atoms with Crippen LogP contribution in [0.15, 0.2) is 43.1 Å². The van der Waals surface area contributed by atoms with Crippen molar-refractivity contribution in [1.29, 1.82) is 0 Å². The molecule has 3 aromatic rings. The summed E-state index contributed by atoms with van der Waals surface area (Å²) >= 11 is 0. The molecule has 1 unspecified atom stereocenters. The molecule has 0 amide bonds. The Morgan fingerprint density at radius 1 is 1.22 bits per heavy atom. The molecule has 7 heteroatoms. The molecule has 1 saturated heterocycles. The molecule has 0 saturated carbocycles. The van der Waals surface area contributed by atoms with E-state index in [1.165, 1.54) is 36.1 Å². The second kappa shape index (κ2) is 8.90. The van der Waals surface area contributed by atoms with Gasteiger partial charge in [0.15, 0.2) is 11.5 Å². The van der Waals surface area contributed by atoms with Crippen LogP contribution in [0.25, 0.3) is 0 Å². The fourth-order valence-electron chi connectivity index (χ4n) is 5.31. The largest absolute Gasteiger partial charge is 0.493 e. The van der Waals surface area contributed by atoms with E-state index >= 15 is 0 Å². The third-order valence-corrected chi connectivity index (χ3v) is 6.85. The summed E-state index contributed by atoms with van der Waals surface area (Å²) in [5.41, 5.74) is 3.95. The summed E-state index contributed by atoms with van der Waals surface area (Å²) in [6, 6.07) is 6.18. The fourth-order valence-corrected chi connectivity index (χ4v) is 5.31. The molecule has 1 fully saturated rings. The van der Waals surface area contributed by atoms with Crippen LogP contribution in [0.3, 0.4) is 0 Å². The number of nitrogens with zero attached hydrogens (tertiary/aromatic N) is 5. The number of aromatic nitrogens is 4. The van der Waals surface area contributed by atoms with Crippen LogP contribution in [0, 0.1) is 6.92 Å². The van der Waals surface area contributed by atoms with Gasteiger partial charge in [0.25, 0.3) is 0 Å². The van der Waals surface area contributed by atoms with Crippen molar-refractivity contribution in [2.24, 2.45) is 0 Å². The van der Waals surface area contributed by atoms with Gasteiger partial charge in [0.2, 0.25) is 0 Å². The Balaban J connectivity index is 1.33. The lowest BCUT2D eigenvalue weighted by molar-refractivity contribution is 0.134. The van der Waals surface area contributed by atoms with Gasteiger partial charge in [0.1, 0.15) is 12.4 Å². The summed E-state index contributed by atoms with van der Waals surface area (Å²) in [5.74, 6) is 2.51. The van der Waals surface area contributed by atoms with E-state index < -0.39 is 0 Å². The van der Waals surface area contributed by atoms with Gasteiger partial charge in [0, 0.05) is 42.7 Å². The van der Waals surface area contributed by atoms with Gasteiger partial charge in [-0.25, -0.2) is 15.0 Å². The lowest BCUT2D eigenvalue weighted by atomic mass is 9.77. The number of hydrogen-bond acceptors (Lipinski definition) is 6. The first kappa shape index (κ1) is 20.9. The summed E-state index contributed by atoms with van der Waals surface area (Å²) in [7, 11) is 1.70. The monoisotopic (exact) mass is 433 g/mol. The van der Waals surface area contributed by atoms with E-state index in [-0.39, 0.29) is 5.41 Å². The standard InChI is InChI=1S/C25H31N5O2/c1-19-27-15-20-7-9-25(24(20)28-19)8-4-11-30(17-25)16-21-5-3-6-22(31-2)23(21)32-14-13-29-12-10-26-18-29/h3,5-6,10,12,15,18H,4,7-9,11,13-14,16-17H2,1-2H3. The first-order valence-electron chi connectivity index (χ1n) is 11.5. The molecular weight excluding hydrogens is 402 g/mol. The predicted octanol–water partition coefficient (Wildman–Crippen LogP) is 3.55. The lowest BCUT2D eigenvalue weighted by Gasteiger charge is -2.40. The van der Waals surface area contributed by atoms with Crippen molar-refractivity contribution in [3.8, 4) is 11.5 Å². The van der Waals surface area contributed by atoms with Crippen molar-refractivity contribution in [1.82, 2.24) is 24.4 Å². The molecule has 32 heavy (non-hydrogen) atoms. The summed E-state index contributed by atoms with van der Waals surface area (Å²) in [5, 5.41) is 0. The first-order valence-corrected chi connectivity index (χ1v) is 11.5. The predicted molar refractivity (Wildman–Crippen MR) is 122 cm³/mol. The quantitative estimate of drug-likeness (QED) is 0.568. The molecule has 2 aliphatic rings. The third kappa shape index (κ3) is 4.09.